The molecule has 0 aromatic carbocycles. The Balaban J connectivity index is 1.05. The van der Waals surface area contributed by atoms with Crippen LogP contribution in [-0.4, -0.2) is 54.7 Å². The molecule has 4 aliphatic carbocycles. The molecule has 1 saturated heterocycles. The van der Waals surface area contributed by atoms with Crippen LogP contribution in [0.5, 0.6) is 0 Å². The summed E-state index contributed by atoms with van der Waals surface area (Å²) >= 11 is 17.3. The zero-order chi connectivity index (χ0) is 31.4. The van der Waals surface area contributed by atoms with Crippen molar-refractivity contribution in [3.8, 4) is 0 Å². The molecule has 5 rings (SSSR count). The third-order valence-electron chi connectivity index (χ3n) is 12.3. The lowest BCUT2D eigenvalue weighted by Crippen LogP contribution is -2.52. The van der Waals surface area contributed by atoms with Gasteiger partial charge in [0.25, 0.3) is 0 Å². The molecule has 1 N–H and O–H groups in total. The van der Waals surface area contributed by atoms with Gasteiger partial charge < -0.3 is 24.3 Å². The monoisotopic (exact) mass is 675 g/mol. The molecule has 1 aliphatic heterocycles. The van der Waals surface area contributed by atoms with Crippen molar-refractivity contribution < 1.29 is 23.7 Å². The summed E-state index contributed by atoms with van der Waals surface area (Å²) in [5, 5.41) is 3.05. The van der Waals surface area contributed by atoms with Crippen molar-refractivity contribution in [1.29, 1.82) is 0 Å². The highest BCUT2D eigenvalue weighted by atomic mass is 35.6. The Labute approximate surface area is 281 Å². The van der Waals surface area contributed by atoms with Crippen LogP contribution in [0.3, 0.4) is 0 Å². The summed E-state index contributed by atoms with van der Waals surface area (Å²) < 4.78 is 21.5. The first-order valence-electron chi connectivity index (χ1n) is 17.5. The zero-order valence-electron chi connectivity index (χ0n) is 27.2. The second-order valence-corrected chi connectivity index (χ2v) is 17.4. The molecule has 4 fully saturated rings. The topological polar surface area (TPSA) is 66.0 Å². The molecule has 1 heterocycles. The predicted molar refractivity (Wildman–Crippen MR) is 177 cm³/mol. The number of carbonyl (C=O) groups is 1. The van der Waals surface area contributed by atoms with Crippen LogP contribution in [0.25, 0.3) is 0 Å². The smallest absolute Gasteiger partial charge is 0.407 e. The van der Waals surface area contributed by atoms with Crippen molar-refractivity contribution in [1.82, 2.24) is 5.32 Å². The molecule has 252 valence electrons. The Morgan fingerprint density at radius 2 is 1.77 bits per heavy atom. The summed E-state index contributed by atoms with van der Waals surface area (Å²) in [5.74, 6) is 2.59. The van der Waals surface area contributed by atoms with Gasteiger partial charge in [-0.25, -0.2) is 4.79 Å². The van der Waals surface area contributed by atoms with E-state index in [-0.39, 0.29) is 24.4 Å². The summed E-state index contributed by atoms with van der Waals surface area (Å²) in [5.41, 5.74) is 2.19. The van der Waals surface area contributed by atoms with E-state index in [9.17, 15) is 4.79 Å². The Kier molecular flexibility index (Phi) is 12.2. The van der Waals surface area contributed by atoms with Gasteiger partial charge in [0.1, 0.15) is 6.61 Å². The Hall–Kier alpha value is -0.240. The van der Waals surface area contributed by atoms with Gasteiger partial charge in [-0.3, -0.25) is 0 Å². The first-order valence-corrected chi connectivity index (χ1v) is 18.7. The number of rotatable bonds is 12. The van der Waals surface area contributed by atoms with Crippen LogP contribution in [0.2, 0.25) is 0 Å². The molecular formula is C35H56Cl3NO5. The van der Waals surface area contributed by atoms with E-state index in [0.29, 0.717) is 23.4 Å². The highest BCUT2D eigenvalue weighted by Crippen LogP contribution is 2.66. The normalized spacial score (nSPS) is 37.7. The van der Waals surface area contributed by atoms with Crippen LogP contribution in [0.15, 0.2) is 11.6 Å². The number of alkyl halides is 3. The SMILES string of the molecule is C[C@H](NC(=O)OCC(Cl)(Cl)Cl)[C@H]1CCC2C3CC=C4C[C@@H](OCCCCCCOC5CCCCO5)CC[C@]4(C)C3CC[C@@]21C. The number of fused-ring (bicyclic) bond motifs is 5. The number of hydrogen-bond acceptors (Lipinski definition) is 5. The number of halogens is 3. The number of hydrogen-bond donors (Lipinski definition) is 1. The Morgan fingerprint density at radius 1 is 1.00 bits per heavy atom. The Morgan fingerprint density at radius 3 is 2.50 bits per heavy atom. The number of allylic oxidation sites excluding steroid dienone is 1. The van der Waals surface area contributed by atoms with E-state index < -0.39 is 9.89 Å². The molecule has 5 aliphatic rings. The molecule has 0 spiro atoms. The number of amides is 1. The third-order valence-corrected chi connectivity index (χ3v) is 12.6. The summed E-state index contributed by atoms with van der Waals surface area (Å²) in [6, 6.07) is 0.0202. The van der Waals surface area contributed by atoms with E-state index in [1.54, 1.807) is 5.57 Å². The van der Waals surface area contributed by atoms with Gasteiger partial charge >= 0.3 is 6.09 Å². The third kappa shape index (κ3) is 8.42. The second kappa shape index (κ2) is 15.3. The van der Waals surface area contributed by atoms with E-state index in [1.807, 2.05) is 0 Å². The molecular weight excluding hydrogens is 621 g/mol. The maximum atomic E-state index is 12.4. The molecule has 0 bridgehead atoms. The van der Waals surface area contributed by atoms with Gasteiger partial charge in [-0.2, -0.15) is 0 Å². The number of unbranched alkanes of at least 4 members (excludes halogenated alkanes) is 3. The van der Waals surface area contributed by atoms with Crippen LogP contribution in [-0.2, 0) is 18.9 Å². The number of nitrogens with one attached hydrogen (secondary N) is 1. The molecule has 9 heteroatoms. The molecule has 1 amide bonds. The highest BCUT2D eigenvalue weighted by molar-refractivity contribution is 6.67. The molecule has 0 aromatic rings. The van der Waals surface area contributed by atoms with Crippen molar-refractivity contribution in [3.63, 3.8) is 0 Å². The van der Waals surface area contributed by atoms with E-state index in [1.165, 1.54) is 64.2 Å². The molecule has 0 aromatic heterocycles. The second-order valence-electron chi connectivity index (χ2n) is 14.9. The maximum Gasteiger partial charge on any atom is 0.407 e. The van der Waals surface area contributed by atoms with Crippen molar-refractivity contribution in [2.75, 3.05) is 26.4 Å². The fourth-order valence-electron chi connectivity index (χ4n) is 9.97. The number of carbonyl (C=O) groups excluding carboxylic acids is 1. The predicted octanol–water partition coefficient (Wildman–Crippen LogP) is 9.54. The minimum atomic E-state index is -1.60. The average Bonchev–Trinajstić information content (AvgIpc) is 3.35. The number of alkyl carbamates (subject to hydrolysis) is 1. The lowest BCUT2D eigenvalue weighted by molar-refractivity contribution is -0.162. The first kappa shape index (κ1) is 35.1. The van der Waals surface area contributed by atoms with Gasteiger partial charge in [0, 0.05) is 25.9 Å². The van der Waals surface area contributed by atoms with Crippen LogP contribution >= 0.6 is 34.8 Å². The minimum absolute atomic E-state index is 0.0202. The van der Waals surface area contributed by atoms with Gasteiger partial charge in [-0.15, -0.1) is 0 Å². The summed E-state index contributed by atoms with van der Waals surface area (Å²) in [6.45, 7) is 9.45. The Bertz CT molecular complexity index is 984. The first-order chi connectivity index (χ1) is 21.0. The van der Waals surface area contributed by atoms with Crippen molar-refractivity contribution in [3.05, 3.63) is 11.6 Å². The summed E-state index contributed by atoms with van der Waals surface area (Å²) in [7, 11) is 0. The van der Waals surface area contributed by atoms with Gasteiger partial charge in [0.2, 0.25) is 3.79 Å². The van der Waals surface area contributed by atoms with Crippen LogP contribution in [0.1, 0.15) is 117 Å². The highest BCUT2D eigenvalue weighted by Gasteiger charge is 2.59. The quantitative estimate of drug-likeness (QED) is 0.127. The van der Waals surface area contributed by atoms with E-state index in [4.69, 9.17) is 53.8 Å². The lowest BCUT2D eigenvalue weighted by atomic mass is 9.47. The fourth-order valence-corrected chi connectivity index (χ4v) is 10.1. The van der Waals surface area contributed by atoms with Gasteiger partial charge in [-0.1, -0.05) is 73.1 Å². The van der Waals surface area contributed by atoms with Gasteiger partial charge in [0.15, 0.2) is 6.29 Å². The molecule has 4 unspecified atom stereocenters. The van der Waals surface area contributed by atoms with Crippen molar-refractivity contribution in [2.45, 2.75) is 139 Å². The minimum Gasteiger partial charge on any atom is -0.445 e. The van der Waals surface area contributed by atoms with Crippen LogP contribution in [0, 0.1) is 34.5 Å². The van der Waals surface area contributed by atoms with Crippen LogP contribution in [0.4, 0.5) is 4.79 Å². The maximum absolute atomic E-state index is 12.4. The molecule has 6 nitrogen and oxygen atoms in total. The molecule has 9 atom stereocenters. The zero-order valence-corrected chi connectivity index (χ0v) is 29.5. The van der Waals surface area contributed by atoms with E-state index in [0.717, 1.165) is 63.8 Å². The van der Waals surface area contributed by atoms with Crippen molar-refractivity contribution in [2.24, 2.45) is 34.5 Å². The molecule has 44 heavy (non-hydrogen) atoms. The standard InChI is InChI=1S/C35H56Cl3NO5/c1-24(39-32(40)44-23-35(36,37)38)28-13-14-29-27-12-11-25-22-26(15-17-33(25,2)30(27)16-18-34(28,29)3)41-19-7-4-5-8-20-42-31-10-6-9-21-43-31/h11,24,26-31H,4-10,12-23H2,1-3H3,(H,39,40)/t24-,26-,27?,28+,29?,30?,31?,33-,34+/m0/s1. The van der Waals surface area contributed by atoms with Crippen LogP contribution < -0.4 is 5.32 Å². The number of ether oxygens (including phenoxy) is 4. The van der Waals surface area contributed by atoms with Crippen molar-refractivity contribution >= 4 is 40.9 Å². The lowest BCUT2D eigenvalue weighted by Gasteiger charge is -2.58. The summed E-state index contributed by atoms with van der Waals surface area (Å²) in [6.07, 6.45) is 20.2. The average molecular weight is 677 g/mol. The van der Waals surface area contributed by atoms with Gasteiger partial charge in [0.05, 0.1) is 6.10 Å². The van der Waals surface area contributed by atoms with E-state index >= 15 is 0 Å². The van der Waals surface area contributed by atoms with Gasteiger partial charge in [-0.05, 0) is 125 Å². The fraction of sp³-hybridized carbons (Fsp3) is 0.914. The summed E-state index contributed by atoms with van der Waals surface area (Å²) in [4.78, 5) is 12.4. The van der Waals surface area contributed by atoms with E-state index in [2.05, 4.69) is 32.2 Å². The molecule has 0 radical (unpaired) electrons. The largest absolute Gasteiger partial charge is 0.445 e. The molecule has 3 saturated carbocycles.